The molecule has 0 aliphatic carbocycles. The van der Waals surface area contributed by atoms with Gasteiger partial charge in [-0.3, -0.25) is 4.79 Å². The van der Waals surface area contributed by atoms with E-state index in [9.17, 15) is 19.8 Å². The van der Waals surface area contributed by atoms with Gasteiger partial charge in [0.1, 0.15) is 11.3 Å². The number of esters is 1. The molecule has 7 nitrogen and oxygen atoms in total. The average molecular weight is 442 g/mol. The predicted molar refractivity (Wildman–Crippen MR) is 122 cm³/mol. The summed E-state index contributed by atoms with van der Waals surface area (Å²) in [6, 6.07) is 10.8. The number of benzene rings is 2. The molecule has 7 heteroatoms. The van der Waals surface area contributed by atoms with Crippen molar-refractivity contribution in [2.75, 3.05) is 7.11 Å². The third-order valence-corrected chi connectivity index (χ3v) is 4.73. The van der Waals surface area contributed by atoms with E-state index in [1.54, 1.807) is 24.3 Å². The minimum Gasteiger partial charge on any atom is -0.507 e. The molecule has 2 rings (SSSR count). The lowest BCUT2D eigenvalue weighted by atomic mass is 10.1. The molecular formula is C25H31NO6. The lowest BCUT2D eigenvalue weighted by Crippen LogP contribution is -2.37. The Kier molecular flexibility index (Phi) is 9.60. The number of methoxy groups -OCH3 is 1. The third kappa shape index (κ3) is 7.65. The van der Waals surface area contributed by atoms with Crippen molar-refractivity contribution >= 4 is 11.9 Å². The standard InChI is InChI=1S/C25H31NO6/c1-17(2)9-5-4-6-12-22(32-25(30)19-10-7-8-11-20(19)27)24(29)26-16-18-13-14-21(28)23(15-18)31-3/h5,7-11,13-15,17,22,27-28H,4,6,12,16H2,1-3H3,(H,26,29)/b9-5+. The molecule has 2 aromatic rings. The first kappa shape index (κ1) is 24.8. The van der Waals surface area contributed by atoms with E-state index in [4.69, 9.17) is 9.47 Å². The molecule has 2 aromatic carbocycles. The maximum atomic E-state index is 12.8. The van der Waals surface area contributed by atoms with Crippen LogP contribution in [0.2, 0.25) is 0 Å². The summed E-state index contributed by atoms with van der Waals surface area (Å²) in [5.41, 5.74) is 0.729. The largest absolute Gasteiger partial charge is 0.507 e. The highest BCUT2D eigenvalue weighted by atomic mass is 16.5. The Morgan fingerprint density at radius 2 is 1.84 bits per heavy atom. The Morgan fingerprint density at radius 3 is 2.53 bits per heavy atom. The van der Waals surface area contributed by atoms with Gasteiger partial charge in [-0.15, -0.1) is 0 Å². The number of amides is 1. The molecular weight excluding hydrogens is 410 g/mol. The normalized spacial score (nSPS) is 12.0. The SMILES string of the molecule is COc1cc(CNC(=O)C(CCC/C=C/C(C)C)OC(=O)c2ccccc2O)ccc1O. The minimum atomic E-state index is -1.01. The topological polar surface area (TPSA) is 105 Å². The molecule has 0 spiro atoms. The number of hydrogen-bond acceptors (Lipinski definition) is 6. The quantitative estimate of drug-likeness (QED) is 0.272. The number of aromatic hydroxyl groups is 2. The van der Waals surface area contributed by atoms with Gasteiger partial charge in [0.25, 0.3) is 5.91 Å². The molecule has 1 amide bonds. The second-order valence-corrected chi connectivity index (χ2v) is 7.74. The number of phenolic OH excluding ortho intramolecular Hbond substituents is 2. The van der Waals surface area contributed by atoms with E-state index in [0.29, 0.717) is 24.5 Å². The molecule has 0 aliphatic rings. The van der Waals surface area contributed by atoms with Crippen LogP contribution in [0.1, 0.15) is 49.0 Å². The number of para-hydroxylation sites is 1. The first-order chi connectivity index (χ1) is 15.3. The molecule has 0 heterocycles. The molecule has 0 bridgehead atoms. The number of carbonyl (C=O) groups excluding carboxylic acids is 2. The van der Waals surface area contributed by atoms with E-state index in [-0.39, 0.29) is 23.6 Å². The number of phenols is 2. The second kappa shape index (κ2) is 12.4. The van der Waals surface area contributed by atoms with Gasteiger partial charge in [0.2, 0.25) is 0 Å². The highest BCUT2D eigenvalue weighted by molar-refractivity contribution is 5.94. The van der Waals surface area contributed by atoms with Crippen LogP contribution in [0.5, 0.6) is 17.2 Å². The fourth-order valence-electron chi connectivity index (χ4n) is 3.01. The number of allylic oxidation sites excluding steroid dienone is 2. The van der Waals surface area contributed by atoms with Gasteiger partial charge in [0, 0.05) is 6.54 Å². The Bertz CT molecular complexity index is 938. The number of hydrogen-bond donors (Lipinski definition) is 3. The van der Waals surface area contributed by atoms with Crippen molar-refractivity contribution < 1.29 is 29.3 Å². The summed E-state index contributed by atoms with van der Waals surface area (Å²) in [6.45, 7) is 4.34. The first-order valence-corrected chi connectivity index (χ1v) is 10.6. The van der Waals surface area contributed by atoms with Crippen molar-refractivity contribution in [3.05, 3.63) is 65.7 Å². The Morgan fingerprint density at radius 1 is 1.09 bits per heavy atom. The summed E-state index contributed by atoms with van der Waals surface area (Å²) >= 11 is 0. The zero-order valence-corrected chi connectivity index (χ0v) is 18.7. The summed E-state index contributed by atoms with van der Waals surface area (Å²) in [4.78, 5) is 25.3. The maximum absolute atomic E-state index is 12.8. The van der Waals surface area contributed by atoms with Crippen molar-refractivity contribution in [3.8, 4) is 17.2 Å². The van der Waals surface area contributed by atoms with Crippen LogP contribution in [-0.4, -0.2) is 35.3 Å². The second-order valence-electron chi connectivity index (χ2n) is 7.74. The number of carbonyl (C=O) groups is 2. The van der Waals surface area contributed by atoms with Crippen LogP contribution in [0.3, 0.4) is 0 Å². The van der Waals surface area contributed by atoms with Crippen LogP contribution in [-0.2, 0) is 16.1 Å². The van der Waals surface area contributed by atoms with E-state index < -0.39 is 18.0 Å². The predicted octanol–water partition coefficient (Wildman–Crippen LogP) is 4.33. The number of ether oxygens (including phenoxy) is 2. The fourth-order valence-corrected chi connectivity index (χ4v) is 3.01. The minimum absolute atomic E-state index is 0.00602. The molecule has 0 radical (unpaired) electrons. The first-order valence-electron chi connectivity index (χ1n) is 10.6. The number of nitrogens with one attached hydrogen (secondary N) is 1. The highest BCUT2D eigenvalue weighted by Gasteiger charge is 2.24. The van der Waals surface area contributed by atoms with Crippen LogP contribution in [0, 0.1) is 5.92 Å². The van der Waals surface area contributed by atoms with Gasteiger partial charge in [-0.25, -0.2) is 4.79 Å². The van der Waals surface area contributed by atoms with Gasteiger partial charge in [-0.2, -0.15) is 0 Å². The van der Waals surface area contributed by atoms with Crippen LogP contribution in [0.4, 0.5) is 0 Å². The average Bonchev–Trinajstić information content (AvgIpc) is 2.77. The third-order valence-electron chi connectivity index (χ3n) is 4.73. The van der Waals surface area contributed by atoms with Crippen molar-refractivity contribution in [3.63, 3.8) is 0 Å². The van der Waals surface area contributed by atoms with Crippen LogP contribution in [0.15, 0.2) is 54.6 Å². The summed E-state index contributed by atoms with van der Waals surface area (Å²) in [5.74, 6) is -0.647. The van der Waals surface area contributed by atoms with E-state index >= 15 is 0 Å². The lowest BCUT2D eigenvalue weighted by molar-refractivity contribution is -0.130. The van der Waals surface area contributed by atoms with E-state index in [1.807, 2.05) is 6.08 Å². The zero-order chi connectivity index (χ0) is 23.5. The molecule has 0 fully saturated rings. The molecule has 0 aliphatic heterocycles. The van der Waals surface area contributed by atoms with E-state index in [2.05, 4.69) is 25.2 Å². The van der Waals surface area contributed by atoms with Crippen LogP contribution < -0.4 is 10.1 Å². The lowest BCUT2D eigenvalue weighted by Gasteiger charge is -2.18. The van der Waals surface area contributed by atoms with Crippen LogP contribution in [0.25, 0.3) is 0 Å². The van der Waals surface area contributed by atoms with E-state index in [0.717, 1.165) is 12.0 Å². The molecule has 0 aromatic heterocycles. The van der Waals surface area contributed by atoms with Gasteiger partial charge >= 0.3 is 5.97 Å². The van der Waals surface area contributed by atoms with E-state index in [1.165, 1.54) is 25.3 Å². The summed E-state index contributed by atoms with van der Waals surface area (Å²) in [6.07, 6.45) is 4.88. The Balaban J connectivity index is 2.05. The van der Waals surface area contributed by atoms with Crippen molar-refractivity contribution in [1.82, 2.24) is 5.32 Å². The van der Waals surface area contributed by atoms with Gasteiger partial charge in [0.15, 0.2) is 17.6 Å². The van der Waals surface area contributed by atoms with Gasteiger partial charge in [0.05, 0.1) is 7.11 Å². The van der Waals surface area contributed by atoms with Crippen molar-refractivity contribution in [2.24, 2.45) is 5.92 Å². The van der Waals surface area contributed by atoms with Gasteiger partial charge < -0.3 is 25.0 Å². The monoisotopic (exact) mass is 441 g/mol. The highest BCUT2D eigenvalue weighted by Crippen LogP contribution is 2.26. The van der Waals surface area contributed by atoms with Crippen molar-refractivity contribution in [1.29, 1.82) is 0 Å². The summed E-state index contributed by atoms with van der Waals surface area (Å²) in [7, 11) is 1.44. The van der Waals surface area contributed by atoms with Gasteiger partial charge in [-0.05, 0) is 55.0 Å². The molecule has 32 heavy (non-hydrogen) atoms. The van der Waals surface area contributed by atoms with Crippen molar-refractivity contribution in [2.45, 2.75) is 45.8 Å². The molecule has 0 saturated carbocycles. The zero-order valence-electron chi connectivity index (χ0n) is 18.7. The summed E-state index contributed by atoms with van der Waals surface area (Å²) in [5, 5.41) is 22.4. The Hall–Kier alpha value is -3.48. The molecule has 172 valence electrons. The fraction of sp³-hybridized carbons (Fsp3) is 0.360. The van der Waals surface area contributed by atoms with Gasteiger partial charge in [-0.1, -0.05) is 44.2 Å². The van der Waals surface area contributed by atoms with Crippen LogP contribution >= 0.6 is 0 Å². The number of unbranched alkanes of at least 4 members (excludes halogenated alkanes) is 1. The smallest absolute Gasteiger partial charge is 0.342 e. The molecule has 1 atom stereocenters. The maximum Gasteiger partial charge on any atom is 0.342 e. The number of rotatable bonds is 11. The molecule has 0 saturated heterocycles. The summed E-state index contributed by atoms with van der Waals surface area (Å²) < 4.78 is 10.5. The Labute approximate surface area is 188 Å². The molecule has 3 N–H and O–H groups in total. The molecule has 1 unspecified atom stereocenters.